The van der Waals surface area contributed by atoms with Crippen LogP contribution in [0.4, 0.5) is 18.9 Å². The summed E-state index contributed by atoms with van der Waals surface area (Å²) in [5, 5.41) is 0. The van der Waals surface area contributed by atoms with Gasteiger partial charge in [0.1, 0.15) is 0 Å². The Morgan fingerprint density at radius 1 is 1.32 bits per heavy atom. The summed E-state index contributed by atoms with van der Waals surface area (Å²) in [6.45, 7) is 0.749. The molecule has 1 fully saturated rings. The maximum atomic E-state index is 12.9. The van der Waals surface area contributed by atoms with Gasteiger partial charge in [0, 0.05) is 36.3 Å². The SMILES string of the molecule is COC(N)=CC(=O)C1CCN(c2cc(C(F)(F)F)ccc2C=O)CC1. The van der Waals surface area contributed by atoms with Gasteiger partial charge in [-0.15, -0.1) is 0 Å². The predicted octanol–water partition coefficient (Wildman–Crippen LogP) is 2.75. The van der Waals surface area contributed by atoms with Crippen molar-refractivity contribution in [3.8, 4) is 0 Å². The van der Waals surface area contributed by atoms with Crippen LogP contribution in [-0.2, 0) is 15.7 Å². The molecule has 1 heterocycles. The molecule has 0 bridgehead atoms. The number of ether oxygens (including phenoxy) is 1. The van der Waals surface area contributed by atoms with Gasteiger partial charge >= 0.3 is 6.18 Å². The summed E-state index contributed by atoms with van der Waals surface area (Å²) in [6.07, 6.45) is -1.80. The van der Waals surface area contributed by atoms with Crippen molar-refractivity contribution in [2.45, 2.75) is 19.0 Å². The van der Waals surface area contributed by atoms with Gasteiger partial charge in [-0.05, 0) is 31.0 Å². The number of carbonyl (C=O) groups excluding carboxylic acids is 2. The number of piperidine rings is 1. The Kier molecular flexibility index (Phi) is 5.71. The van der Waals surface area contributed by atoms with Crippen molar-refractivity contribution in [3.63, 3.8) is 0 Å². The summed E-state index contributed by atoms with van der Waals surface area (Å²) in [5.41, 5.74) is 5.09. The number of anilines is 1. The highest BCUT2D eigenvalue weighted by Crippen LogP contribution is 2.34. The maximum Gasteiger partial charge on any atom is 0.416 e. The second kappa shape index (κ2) is 7.58. The quantitative estimate of drug-likeness (QED) is 0.499. The highest BCUT2D eigenvalue weighted by atomic mass is 19.4. The molecule has 0 aromatic heterocycles. The van der Waals surface area contributed by atoms with Crippen LogP contribution in [0.2, 0.25) is 0 Å². The molecule has 1 aromatic rings. The van der Waals surface area contributed by atoms with Crippen LogP contribution in [0.15, 0.2) is 30.2 Å². The van der Waals surface area contributed by atoms with Gasteiger partial charge in [-0.25, -0.2) is 0 Å². The maximum absolute atomic E-state index is 12.9. The number of alkyl halides is 3. The van der Waals surface area contributed by atoms with E-state index in [1.807, 2.05) is 0 Å². The van der Waals surface area contributed by atoms with Crippen LogP contribution in [0, 0.1) is 5.92 Å². The Labute approximate surface area is 143 Å². The normalized spacial score (nSPS) is 16.6. The van der Waals surface area contributed by atoms with E-state index in [0.717, 1.165) is 12.1 Å². The van der Waals surface area contributed by atoms with Crippen molar-refractivity contribution >= 4 is 17.8 Å². The number of ketones is 1. The molecule has 136 valence electrons. The standard InChI is InChI=1S/C17H19F3N2O3/c1-25-16(21)9-15(24)11-4-6-22(7-5-11)14-8-13(17(18,19)20)3-2-12(14)10-23/h2-3,8-11H,4-7,21H2,1H3. The van der Waals surface area contributed by atoms with Gasteiger partial charge in [-0.3, -0.25) is 9.59 Å². The van der Waals surface area contributed by atoms with Crippen molar-refractivity contribution in [2.24, 2.45) is 11.7 Å². The third kappa shape index (κ3) is 4.52. The van der Waals surface area contributed by atoms with E-state index in [2.05, 4.69) is 0 Å². The molecule has 0 spiro atoms. The van der Waals surface area contributed by atoms with Gasteiger partial charge in [0.15, 0.2) is 18.0 Å². The Morgan fingerprint density at radius 2 is 1.96 bits per heavy atom. The van der Waals surface area contributed by atoms with Crippen molar-refractivity contribution in [1.29, 1.82) is 0 Å². The molecule has 0 unspecified atom stereocenters. The molecule has 0 amide bonds. The summed E-state index contributed by atoms with van der Waals surface area (Å²) in [5.74, 6) is -0.414. The minimum atomic E-state index is -4.48. The lowest BCUT2D eigenvalue weighted by atomic mass is 9.91. The highest BCUT2D eigenvalue weighted by Gasteiger charge is 2.32. The van der Waals surface area contributed by atoms with Crippen molar-refractivity contribution in [1.82, 2.24) is 0 Å². The molecule has 0 radical (unpaired) electrons. The van der Waals surface area contributed by atoms with Crippen LogP contribution in [0.25, 0.3) is 0 Å². The summed E-state index contributed by atoms with van der Waals surface area (Å²) < 4.78 is 43.5. The molecule has 1 aliphatic rings. The van der Waals surface area contributed by atoms with Crippen LogP contribution in [0.1, 0.15) is 28.8 Å². The van der Waals surface area contributed by atoms with Crippen molar-refractivity contribution in [2.75, 3.05) is 25.1 Å². The average Bonchev–Trinajstić information content (AvgIpc) is 2.60. The Balaban J connectivity index is 2.15. The third-order valence-electron chi connectivity index (χ3n) is 4.24. The van der Waals surface area contributed by atoms with E-state index in [9.17, 15) is 22.8 Å². The van der Waals surface area contributed by atoms with Gasteiger partial charge in [0.05, 0.1) is 12.7 Å². The number of methoxy groups -OCH3 is 1. The minimum Gasteiger partial charge on any atom is -0.483 e. The zero-order valence-electron chi connectivity index (χ0n) is 13.7. The first-order valence-electron chi connectivity index (χ1n) is 7.72. The molecule has 1 aromatic carbocycles. The zero-order chi connectivity index (χ0) is 18.6. The van der Waals surface area contributed by atoms with Gasteiger partial charge in [0.2, 0.25) is 0 Å². The van der Waals surface area contributed by atoms with Crippen LogP contribution in [-0.4, -0.2) is 32.3 Å². The second-order valence-corrected chi connectivity index (χ2v) is 5.80. The molecule has 25 heavy (non-hydrogen) atoms. The molecule has 0 saturated carbocycles. The molecule has 2 N–H and O–H groups in total. The summed E-state index contributed by atoms with van der Waals surface area (Å²) in [7, 11) is 1.36. The third-order valence-corrected chi connectivity index (χ3v) is 4.24. The van der Waals surface area contributed by atoms with Crippen LogP contribution < -0.4 is 10.6 Å². The predicted molar refractivity (Wildman–Crippen MR) is 86.1 cm³/mol. The number of carbonyl (C=O) groups is 2. The molecule has 8 heteroatoms. The largest absolute Gasteiger partial charge is 0.483 e. The van der Waals surface area contributed by atoms with Crippen molar-refractivity contribution in [3.05, 3.63) is 41.3 Å². The van der Waals surface area contributed by atoms with Crippen LogP contribution >= 0.6 is 0 Å². The fourth-order valence-corrected chi connectivity index (χ4v) is 2.82. The fourth-order valence-electron chi connectivity index (χ4n) is 2.82. The number of halogens is 3. The Bertz CT molecular complexity index is 678. The number of hydrogen-bond donors (Lipinski definition) is 1. The van der Waals surface area contributed by atoms with E-state index in [1.165, 1.54) is 19.3 Å². The molecule has 5 nitrogen and oxygen atoms in total. The van der Waals surface area contributed by atoms with Crippen LogP contribution in [0.3, 0.4) is 0 Å². The monoisotopic (exact) mass is 356 g/mol. The lowest BCUT2D eigenvalue weighted by Gasteiger charge is -2.33. The van der Waals surface area contributed by atoms with Crippen molar-refractivity contribution < 1.29 is 27.5 Å². The molecule has 0 aliphatic carbocycles. The molecular formula is C17H19F3N2O3. The average molecular weight is 356 g/mol. The van der Waals surface area contributed by atoms with E-state index in [4.69, 9.17) is 10.5 Å². The number of nitrogens with zero attached hydrogens (tertiary/aromatic N) is 1. The zero-order valence-corrected chi connectivity index (χ0v) is 13.7. The number of hydrogen-bond acceptors (Lipinski definition) is 5. The molecule has 1 saturated heterocycles. The topological polar surface area (TPSA) is 72.6 Å². The number of nitrogens with two attached hydrogens (primary N) is 1. The summed E-state index contributed by atoms with van der Waals surface area (Å²) in [6, 6.07) is 3.04. The fraction of sp³-hybridized carbons (Fsp3) is 0.412. The Morgan fingerprint density at radius 3 is 2.48 bits per heavy atom. The van der Waals surface area contributed by atoms with E-state index in [0.29, 0.717) is 32.2 Å². The van der Waals surface area contributed by atoms with Gasteiger partial charge in [-0.1, -0.05) is 0 Å². The lowest BCUT2D eigenvalue weighted by Crippen LogP contribution is -2.36. The van der Waals surface area contributed by atoms with E-state index in [-0.39, 0.29) is 28.8 Å². The molecule has 0 atom stereocenters. The number of aldehydes is 1. The molecular weight excluding hydrogens is 337 g/mol. The van der Waals surface area contributed by atoms with Gasteiger partial charge in [0.25, 0.3) is 0 Å². The lowest BCUT2D eigenvalue weighted by molar-refractivity contribution is -0.137. The molecule has 1 aliphatic heterocycles. The Hall–Kier alpha value is -2.51. The van der Waals surface area contributed by atoms with E-state index >= 15 is 0 Å². The summed E-state index contributed by atoms with van der Waals surface area (Å²) in [4.78, 5) is 24.9. The van der Waals surface area contributed by atoms with Gasteiger partial charge in [-0.2, -0.15) is 13.2 Å². The number of allylic oxidation sites excluding steroid dienone is 1. The molecule has 2 rings (SSSR count). The van der Waals surface area contributed by atoms with Gasteiger partial charge < -0.3 is 15.4 Å². The van der Waals surface area contributed by atoms with E-state index in [1.54, 1.807) is 4.90 Å². The van der Waals surface area contributed by atoms with Crippen LogP contribution in [0.5, 0.6) is 0 Å². The first-order valence-corrected chi connectivity index (χ1v) is 7.72. The second-order valence-electron chi connectivity index (χ2n) is 5.80. The smallest absolute Gasteiger partial charge is 0.416 e. The number of rotatable bonds is 5. The summed E-state index contributed by atoms with van der Waals surface area (Å²) >= 11 is 0. The first kappa shape index (κ1) is 18.8. The first-order chi connectivity index (χ1) is 11.8. The number of benzene rings is 1. The van der Waals surface area contributed by atoms with E-state index < -0.39 is 11.7 Å². The highest BCUT2D eigenvalue weighted by molar-refractivity contribution is 5.92. The minimum absolute atomic E-state index is 0.0218.